The van der Waals surface area contributed by atoms with E-state index in [0.29, 0.717) is 35.0 Å². The number of piperazine rings is 1. The van der Waals surface area contributed by atoms with E-state index in [2.05, 4.69) is 54.4 Å². The summed E-state index contributed by atoms with van der Waals surface area (Å²) in [4.78, 5) is 83.0. The van der Waals surface area contributed by atoms with Crippen molar-refractivity contribution in [3.8, 4) is 5.82 Å². The number of aliphatic hydroxyl groups is 1. The zero-order chi connectivity index (χ0) is 41.4. The third-order valence-corrected chi connectivity index (χ3v) is 10.8. The molecule has 1 unspecified atom stereocenters. The molecule has 6 heterocycles. The first-order chi connectivity index (χ1) is 28.4. The van der Waals surface area contributed by atoms with E-state index >= 15 is 0 Å². The highest BCUT2D eigenvalue weighted by atomic mass is 16.3. The summed E-state index contributed by atoms with van der Waals surface area (Å²) in [6.45, 7) is 12.4. The third-order valence-electron chi connectivity index (χ3n) is 10.8. The van der Waals surface area contributed by atoms with E-state index < -0.39 is 35.3 Å². The van der Waals surface area contributed by atoms with Crippen LogP contribution >= 0.6 is 0 Å². The Balaban J connectivity index is 0.838. The Hall–Kier alpha value is -6.72. The van der Waals surface area contributed by atoms with Gasteiger partial charge in [0, 0.05) is 62.4 Å². The third kappa shape index (κ3) is 7.81. The summed E-state index contributed by atoms with van der Waals surface area (Å²) < 4.78 is 3.12. The van der Waals surface area contributed by atoms with Crippen LogP contribution in [0, 0.1) is 0 Å². The number of imide groups is 2. The van der Waals surface area contributed by atoms with Crippen LogP contribution in [0.15, 0.2) is 84.3 Å². The maximum atomic E-state index is 13.4. The van der Waals surface area contributed by atoms with Crippen LogP contribution in [0.4, 0.5) is 23.0 Å². The number of anilines is 4. The van der Waals surface area contributed by atoms with Crippen molar-refractivity contribution < 1.29 is 24.3 Å². The van der Waals surface area contributed by atoms with Crippen LogP contribution in [-0.4, -0.2) is 108 Å². The van der Waals surface area contributed by atoms with Crippen LogP contribution in [0.25, 0.3) is 16.9 Å². The molecule has 0 spiro atoms. The quantitative estimate of drug-likeness (QED) is 0.0770. The zero-order valence-electron chi connectivity index (χ0n) is 32.8. The van der Waals surface area contributed by atoms with Gasteiger partial charge in [-0.3, -0.25) is 39.1 Å². The second kappa shape index (κ2) is 15.9. The molecule has 3 aliphatic rings. The number of nitrogens with one attached hydrogen (secondary N) is 3. The van der Waals surface area contributed by atoms with E-state index in [1.165, 1.54) is 10.9 Å². The zero-order valence-corrected chi connectivity index (χ0v) is 32.8. The number of fused-ring (bicyclic) bond motifs is 2. The van der Waals surface area contributed by atoms with Gasteiger partial charge in [-0.15, -0.1) is 6.58 Å². The van der Waals surface area contributed by atoms with E-state index in [-0.39, 0.29) is 36.1 Å². The molecule has 0 bridgehead atoms. The number of hydrogen-bond acceptors (Lipinski definition) is 13. The largest absolute Gasteiger partial charge is 0.385 e. The van der Waals surface area contributed by atoms with Gasteiger partial charge in [0.15, 0.2) is 11.5 Å². The minimum atomic E-state index is -1.18. The Labute approximate surface area is 339 Å². The predicted molar refractivity (Wildman–Crippen MR) is 221 cm³/mol. The molecule has 17 nitrogen and oxygen atoms in total. The molecule has 1 atom stereocenters. The highest BCUT2D eigenvalue weighted by Crippen LogP contribution is 2.30. The molecule has 2 saturated heterocycles. The molecule has 3 aliphatic heterocycles. The number of pyridine rings is 1. The van der Waals surface area contributed by atoms with Crippen LogP contribution in [-0.2, 0) is 21.7 Å². The van der Waals surface area contributed by atoms with Crippen LogP contribution in [0.1, 0.15) is 59.5 Å². The minimum Gasteiger partial charge on any atom is -0.385 e. The summed E-state index contributed by atoms with van der Waals surface area (Å²) in [7, 11) is 0. The molecule has 0 radical (unpaired) electrons. The van der Waals surface area contributed by atoms with Crippen LogP contribution in [0.2, 0.25) is 0 Å². The first-order valence-electron chi connectivity index (χ1n) is 19.6. The van der Waals surface area contributed by atoms with Crippen molar-refractivity contribution in [2.75, 3.05) is 54.8 Å². The molecule has 0 aliphatic carbocycles. The Morgan fingerprint density at radius 1 is 0.932 bits per heavy atom. The number of carbonyl (C=O) groups is 4. The van der Waals surface area contributed by atoms with Gasteiger partial charge in [0.2, 0.25) is 17.8 Å². The van der Waals surface area contributed by atoms with E-state index in [1.54, 1.807) is 61.0 Å². The number of piperidine rings is 1. The van der Waals surface area contributed by atoms with Crippen LogP contribution in [0.5, 0.6) is 0 Å². The molecular weight excluding hydrogens is 755 g/mol. The summed E-state index contributed by atoms with van der Waals surface area (Å²) in [5, 5.41) is 19.8. The fourth-order valence-electron chi connectivity index (χ4n) is 7.72. The second-order valence-electron chi connectivity index (χ2n) is 15.3. The van der Waals surface area contributed by atoms with Crippen molar-refractivity contribution >= 4 is 57.7 Å². The molecule has 4 N–H and O–H groups in total. The van der Waals surface area contributed by atoms with Crippen LogP contribution < -0.4 is 26.4 Å². The fourth-order valence-corrected chi connectivity index (χ4v) is 7.72. The first-order valence-corrected chi connectivity index (χ1v) is 19.6. The summed E-state index contributed by atoms with van der Waals surface area (Å²) in [6.07, 6.45) is 4.20. The lowest BCUT2D eigenvalue weighted by molar-refractivity contribution is -0.136. The minimum absolute atomic E-state index is 0.0782. The number of amides is 4. The molecule has 0 saturated carbocycles. The maximum Gasteiger partial charge on any atom is 0.278 e. The number of aromatic nitrogens is 5. The van der Waals surface area contributed by atoms with Crippen LogP contribution in [0.3, 0.4) is 0 Å². The molecule has 3 aromatic heterocycles. The number of carbonyl (C=O) groups excluding carboxylic acids is 4. The van der Waals surface area contributed by atoms with Gasteiger partial charge in [0.1, 0.15) is 17.0 Å². The molecule has 8 rings (SSSR count). The molecule has 2 aromatic carbocycles. The van der Waals surface area contributed by atoms with Gasteiger partial charge in [0.05, 0.1) is 23.4 Å². The highest BCUT2D eigenvalue weighted by Gasteiger charge is 2.44. The monoisotopic (exact) mass is 799 g/mol. The summed E-state index contributed by atoms with van der Waals surface area (Å²) >= 11 is 0. The second-order valence-corrected chi connectivity index (χ2v) is 15.3. The molecule has 304 valence electrons. The normalized spacial score (nSPS) is 17.4. The lowest BCUT2D eigenvalue weighted by Gasteiger charge is -2.36. The average Bonchev–Trinajstić information content (AvgIpc) is 3.64. The molecular formula is C42H45N11O6. The van der Waals surface area contributed by atoms with Crippen molar-refractivity contribution in [3.05, 3.63) is 107 Å². The van der Waals surface area contributed by atoms with E-state index in [9.17, 15) is 29.1 Å². The molecule has 5 aromatic rings. The van der Waals surface area contributed by atoms with E-state index in [4.69, 9.17) is 4.98 Å². The van der Waals surface area contributed by atoms with Gasteiger partial charge in [-0.2, -0.15) is 4.98 Å². The van der Waals surface area contributed by atoms with Gasteiger partial charge in [0.25, 0.3) is 17.4 Å². The first kappa shape index (κ1) is 39.1. The van der Waals surface area contributed by atoms with Gasteiger partial charge < -0.3 is 20.6 Å². The lowest BCUT2D eigenvalue weighted by Crippen LogP contribution is -2.54. The fraction of sp³-hybridized carbons (Fsp3) is 0.333. The van der Waals surface area contributed by atoms with Crippen molar-refractivity contribution in [3.63, 3.8) is 0 Å². The van der Waals surface area contributed by atoms with Crippen molar-refractivity contribution in [1.82, 2.24) is 39.4 Å². The Bertz CT molecular complexity index is 2530. The van der Waals surface area contributed by atoms with Crippen molar-refractivity contribution in [2.24, 2.45) is 0 Å². The highest BCUT2D eigenvalue weighted by molar-refractivity contribution is 6.23. The van der Waals surface area contributed by atoms with Gasteiger partial charge in [-0.25, -0.2) is 19.3 Å². The molecule has 4 amide bonds. The van der Waals surface area contributed by atoms with Gasteiger partial charge in [-0.1, -0.05) is 12.1 Å². The number of hydrogen-bond donors (Lipinski definition) is 4. The van der Waals surface area contributed by atoms with E-state index in [1.807, 2.05) is 12.1 Å². The average molecular weight is 800 g/mol. The smallest absolute Gasteiger partial charge is 0.278 e. The number of nitrogens with zero attached hydrogens (tertiary/aromatic N) is 8. The Kier molecular flexibility index (Phi) is 10.5. The summed E-state index contributed by atoms with van der Waals surface area (Å²) in [6, 6.07) is 17.4. The van der Waals surface area contributed by atoms with E-state index in [0.717, 1.165) is 61.1 Å². The Morgan fingerprint density at radius 2 is 1.68 bits per heavy atom. The Morgan fingerprint density at radius 3 is 2.41 bits per heavy atom. The SMILES string of the molecule is C=CCn1c(=O)c2cnc(Nc3ccc(N4CCN(CCCNc5ccc6c(c5)C(=O)N(C5CCC(=O)NC5=O)C6=O)CC4)cc3)nc2n1-c1cccc(C(C)(C)O)n1. The number of benzene rings is 2. The predicted octanol–water partition coefficient (Wildman–Crippen LogP) is 3.16. The molecule has 17 heteroatoms. The number of rotatable bonds is 13. The van der Waals surface area contributed by atoms with Gasteiger partial charge in [-0.05, 0) is 87.8 Å². The van der Waals surface area contributed by atoms with Gasteiger partial charge >= 0.3 is 0 Å². The molecule has 2 fully saturated rings. The topological polar surface area (TPSA) is 200 Å². The number of allylic oxidation sites excluding steroid dienone is 1. The lowest BCUT2D eigenvalue weighted by atomic mass is 10.0. The molecule has 59 heavy (non-hydrogen) atoms. The standard InChI is InChI=1S/C42H45N11O6/c1-4-18-51-38(56)31-25-44-41(48-36(31)53(51)34-8-5-7-33(46-34)42(2,3)59)45-26-9-12-28(13-10-26)50-22-20-49(21-23-50)19-6-17-43-27-11-14-29-30(24-27)40(58)52(39(29)57)32-15-16-35(54)47-37(32)55/h4-5,7-14,24-25,32,43,59H,1,6,15-23H2,2-3H3,(H,44,45,48)(H,47,54,55). The van der Waals surface area contributed by atoms with Crippen molar-refractivity contribution in [1.29, 1.82) is 0 Å². The summed E-state index contributed by atoms with van der Waals surface area (Å²) in [5.41, 5.74) is 2.48. The van der Waals surface area contributed by atoms with Crippen molar-refractivity contribution in [2.45, 2.75) is 51.3 Å². The maximum absolute atomic E-state index is 13.4. The summed E-state index contributed by atoms with van der Waals surface area (Å²) in [5.74, 6) is -1.33.